The quantitative estimate of drug-likeness (QED) is 0.200. The highest BCUT2D eigenvalue weighted by Crippen LogP contribution is 2.23. The van der Waals surface area contributed by atoms with Gasteiger partial charge in [0.15, 0.2) is 6.61 Å². The number of benzene rings is 3. The second-order valence-corrected chi connectivity index (χ2v) is 8.60. The van der Waals surface area contributed by atoms with E-state index < -0.39 is 11.5 Å². The molecule has 0 radical (unpaired) electrons. The first-order chi connectivity index (χ1) is 18.0. The fraction of sp³-hybridized carbons (Fsp3) is 0.103. The van der Waals surface area contributed by atoms with Crippen LogP contribution in [0, 0.1) is 13.8 Å². The van der Waals surface area contributed by atoms with Crippen molar-refractivity contribution in [1.82, 2.24) is 15.2 Å². The average Bonchev–Trinajstić information content (AvgIpc) is 3.31. The van der Waals surface area contributed by atoms with Crippen molar-refractivity contribution in [3.05, 3.63) is 112 Å². The van der Waals surface area contributed by atoms with Crippen molar-refractivity contribution >= 4 is 23.1 Å². The summed E-state index contributed by atoms with van der Waals surface area (Å²) in [7, 11) is 0. The molecule has 0 aliphatic carbocycles. The molecule has 0 spiro atoms. The molecule has 0 saturated carbocycles. The molecule has 8 heteroatoms. The van der Waals surface area contributed by atoms with E-state index in [1.807, 2.05) is 74.5 Å². The van der Waals surface area contributed by atoms with Crippen molar-refractivity contribution in [2.75, 3.05) is 6.61 Å². The Morgan fingerprint density at radius 3 is 2.54 bits per heavy atom. The lowest BCUT2D eigenvalue weighted by molar-refractivity contribution is -0.123. The molecular weight excluding hydrogens is 468 g/mol. The van der Waals surface area contributed by atoms with Crippen LogP contribution in [-0.4, -0.2) is 28.5 Å². The molecule has 37 heavy (non-hydrogen) atoms. The van der Waals surface area contributed by atoms with Gasteiger partial charge in [-0.25, -0.2) is 14.9 Å². The third kappa shape index (κ3) is 5.48. The van der Waals surface area contributed by atoms with Gasteiger partial charge in [-0.2, -0.15) is 10.2 Å². The smallest absolute Gasteiger partial charge is 0.345 e. The Morgan fingerprint density at radius 2 is 1.76 bits per heavy atom. The Kier molecular flexibility index (Phi) is 6.63. The highest BCUT2D eigenvalue weighted by atomic mass is 16.5. The first-order valence-corrected chi connectivity index (χ1v) is 11.7. The van der Waals surface area contributed by atoms with E-state index in [9.17, 15) is 9.59 Å². The van der Waals surface area contributed by atoms with Gasteiger partial charge >= 0.3 is 5.63 Å². The Balaban J connectivity index is 1.41. The summed E-state index contributed by atoms with van der Waals surface area (Å²) in [5.74, 6) is 0.198. The van der Waals surface area contributed by atoms with Crippen molar-refractivity contribution in [2.24, 2.45) is 5.10 Å². The summed E-state index contributed by atoms with van der Waals surface area (Å²) in [6.07, 6.45) is 3.19. The minimum absolute atomic E-state index is 0.190. The number of ether oxygens (including phenoxy) is 1. The molecule has 0 atom stereocenters. The molecule has 0 aliphatic rings. The van der Waals surface area contributed by atoms with Crippen molar-refractivity contribution in [1.29, 1.82) is 0 Å². The van der Waals surface area contributed by atoms with Crippen molar-refractivity contribution < 1.29 is 13.9 Å². The number of amides is 1. The van der Waals surface area contributed by atoms with Gasteiger partial charge in [-0.15, -0.1) is 0 Å². The largest absolute Gasteiger partial charge is 0.484 e. The number of hydrazone groups is 1. The number of para-hydroxylation sites is 2. The predicted molar refractivity (Wildman–Crippen MR) is 142 cm³/mol. The third-order valence-electron chi connectivity index (χ3n) is 5.62. The fourth-order valence-electron chi connectivity index (χ4n) is 4.00. The highest BCUT2D eigenvalue weighted by molar-refractivity contribution is 5.91. The first-order valence-electron chi connectivity index (χ1n) is 11.7. The van der Waals surface area contributed by atoms with Gasteiger partial charge in [0, 0.05) is 17.1 Å². The average molecular weight is 493 g/mol. The number of carbonyl (C=O) groups excluding carboxylic acids is 1. The number of fused-ring (bicyclic) bond motifs is 1. The van der Waals surface area contributed by atoms with Gasteiger partial charge in [0.05, 0.1) is 17.5 Å². The van der Waals surface area contributed by atoms with Crippen LogP contribution in [0.25, 0.3) is 27.9 Å². The molecule has 0 aliphatic heterocycles. The summed E-state index contributed by atoms with van der Waals surface area (Å²) in [5, 5.41) is 9.49. The van der Waals surface area contributed by atoms with Crippen molar-refractivity contribution in [3.8, 4) is 22.7 Å². The van der Waals surface area contributed by atoms with Crippen LogP contribution in [0.1, 0.15) is 16.7 Å². The number of rotatable bonds is 7. The maximum atomic E-state index is 12.8. The van der Waals surface area contributed by atoms with Gasteiger partial charge in [-0.1, -0.05) is 42.5 Å². The Hall–Kier alpha value is -4.98. The van der Waals surface area contributed by atoms with E-state index in [1.165, 1.54) is 6.21 Å². The number of nitrogens with one attached hydrogen (secondary N) is 1. The minimum atomic E-state index is -0.516. The molecule has 1 N–H and O–H groups in total. The van der Waals surface area contributed by atoms with Gasteiger partial charge in [0.2, 0.25) is 0 Å². The minimum Gasteiger partial charge on any atom is -0.484 e. The van der Waals surface area contributed by atoms with Crippen LogP contribution in [0.4, 0.5) is 0 Å². The van der Waals surface area contributed by atoms with E-state index in [2.05, 4.69) is 15.6 Å². The fourth-order valence-corrected chi connectivity index (χ4v) is 4.00. The SMILES string of the molecule is Cc1cc(C)cc(OCC(=O)NN=Cc2cn(-c3ccccc3)nc2-c2cc3ccccc3oc2=O)c1. The number of nitrogens with zero attached hydrogens (tertiary/aromatic N) is 3. The van der Waals surface area contributed by atoms with E-state index in [-0.39, 0.29) is 6.61 Å². The Bertz CT molecular complexity index is 1650. The maximum absolute atomic E-state index is 12.8. The summed E-state index contributed by atoms with van der Waals surface area (Å²) in [4.78, 5) is 25.2. The Morgan fingerprint density at radius 1 is 1.03 bits per heavy atom. The standard InChI is InChI=1S/C29H24N4O4/c1-19-12-20(2)14-24(13-19)36-18-27(34)31-30-16-22-17-33(23-9-4-3-5-10-23)32-28(22)25-15-21-8-6-7-11-26(21)37-29(25)35/h3-17H,18H2,1-2H3,(H,31,34). The van der Waals surface area contributed by atoms with E-state index >= 15 is 0 Å². The van der Waals surface area contributed by atoms with Crippen molar-refractivity contribution in [3.63, 3.8) is 0 Å². The molecule has 0 bridgehead atoms. The van der Waals surface area contributed by atoms with Crippen LogP contribution in [0.2, 0.25) is 0 Å². The van der Waals surface area contributed by atoms with E-state index in [0.717, 1.165) is 22.2 Å². The Labute approximate surface area is 212 Å². The zero-order chi connectivity index (χ0) is 25.8. The molecule has 0 fully saturated rings. The molecular formula is C29H24N4O4. The summed E-state index contributed by atoms with van der Waals surface area (Å²) >= 11 is 0. The topological polar surface area (TPSA) is 98.7 Å². The lowest BCUT2D eigenvalue weighted by atomic mass is 10.1. The monoisotopic (exact) mass is 492 g/mol. The number of aryl methyl sites for hydroxylation is 2. The second-order valence-electron chi connectivity index (χ2n) is 8.60. The van der Waals surface area contributed by atoms with Crippen LogP contribution < -0.4 is 15.8 Å². The maximum Gasteiger partial charge on any atom is 0.345 e. The molecule has 1 amide bonds. The summed E-state index contributed by atoms with van der Waals surface area (Å²) in [5.41, 5.74) is 6.55. The van der Waals surface area contributed by atoms with Gasteiger partial charge in [-0.05, 0) is 61.4 Å². The highest BCUT2D eigenvalue weighted by Gasteiger charge is 2.16. The van der Waals surface area contributed by atoms with Gasteiger partial charge in [0.1, 0.15) is 17.0 Å². The van der Waals surface area contributed by atoms with Crippen LogP contribution >= 0.6 is 0 Å². The zero-order valence-corrected chi connectivity index (χ0v) is 20.3. The van der Waals surface area contributed by atoms with E-state index in [1.54, 1.807) is 29.1 Å². The number of carbonyl (C=O) groups is 1. The molecule has 184 valence electrons. The van der Waals surface area contributed by atoms with E-state index in [0.29, 0.717) is 28.2 Å². The molecule has 8 nitrogen and oxygen atoms in total. The molecule has 3 aromatic carbocycles. The number of hydrogen-bond acceptors (Lipinski definition) is 6. The lowest BCUT2D eigenvalue weighted by Crippen LogP contribution is -2.24. The number of hydrogen-bond donors (Lipinski definition) is 1. The summed E-state index contributed by atoms with van der Waals surface area (Å²) < 4.78 is 12.8. The molecule has 0 unspecified atom stereocenters. The second kappa shape index (κ2) is 10.3. The van der Waals surface area contributed by atoms with Gasteiger partial charge in [0.25, 0.3) is 5.91 Å². The summed E-state index contributed by atoms with van der Waals surface area (Å²) in [6, 6.07) is 24.3. The predicted octanol–water partition coefficient (Wildman–Crippen LogP) is 4.79. The lowest BCUT2D eigenvalue weighted by Gasteiger charge is -2.07. The molecule has 5 rings (SSSR count). The van der Waals surface area contributed by atoms with Crippen LogP contribution in [0.15, 0.2) is 99.4 Å². The molecule has 0 saturated heterocycles. The van der Waals surface area contributed by atoms with Crippen LogP contribution in [0.5, 0.6) is 5.75 Å². The normalized spacial score (nSPS) is 11.2. The van der Waals surface area contributed by atoms with Crippen molar-refractivity contribution in [2.45, 2.75) is 13.8 Å². The van der Waals surface area contributed by atoms with E-state index in [4.69, 9.17) is 9.15 Å². The zero-order valence-electron chi connectivity index (χ0n) is 20.3. The van der Waals surface area contributed by atoms with Crippen LogP contribution in [-0.2, 0) is 4.79 Å². The van der Waals surface area contributed by atoms with Gasteiger partial charge in [-0.3, -0.25) is 4.79 Å². The molecule has 2 aromatic heterocycles. The van der Waals surface area contributed by atoms with Crippen LogP contribution in [0.3, 0.4) is 0 Å². The number of aromatic nitrogens is 2. The molecule has 2 heterocycles. The summed E-state index contributed by atoms with van der Waals surface area (Å²) in [6.45, 7) is 3.74. The molecule has 5 aromatic rings. The van der Waals surface area contributed by atoms with Gasteiger partial charge < -0.3 is 9.15 Å². The first kappa shape index (κ1) is 23.7. The third-order valence-corrected chi connectivity index (χ3v) is 5.62.